The number of hydrogen-bond acceptors (Lipinski definition) is 4. The SMILES string of the molecule is CC1CCN(S(=O)(=O)c2ccc(OCC(=O)Nc3ccc(F)cc3F)cc2)CC1. The van der Waals surface area contributed by atoms with E-state index >= 15 is 0 Å². The largest absolute Gasteiger partial charge is 0.484 e. The van der Waals surface area contributed by atoms with E-state index in [9.17, 15) is 22.0 Å². The van der Waals surface area contributed by atoms with Gasteiger partial charge in [-0.2, -0.15) is 4.31 Å². The van der Waals surface area contributed by atoms with Crippen LogP contribution >= 0.6 is 0 Å². The van der Waals surface area contributed by atoms with Gasteiger partial charge in [0.25, 0.3) is 5.91 Å². The van der Waals surface area contributed by atoms with Crippen LogP contribution in [0.3, 0.4) is 0 Å². The highest BCUT2D eigenvalue weighted by Crippen LogP contribution is 2.25. The Balaban J connectivity index is 1.57. The Labute approximate surface area is 168 Å². The van der Waals surface area contributed by atoms with E-state index in [4.69, 9.17) is 4.74 Å². The minimum atomic E-state index is -3.56. The topological polar surface area (TPSA) is 75.7 Å². The number of benzene rings is 2. The van der Waals surface area contributed by atoms with Crippen molar-refractivity contribution in [2.45, 2.75) is 24.7 Å². The fourth-order valence-corrected chi connectivity index (χ4v) is 4.48. The number of ether oxygens (including phenoxy) is 1. The van der Waals surface area contributed by atoms with Crippen LogP contribution in [-0.2, 0) is 14.8 Å². The van der Waals surface area contributed by atoms with E-state index in [1.165, 1.54) is 28.6 Å². The van der Waals surface area contributed by atoms with Gasteiger partial charge in [0.15, 0.2) is 6.61 Å². The molecule has 0 radical (unpaired) electrons. The number of halogens is 2. The molecule has 1 aliphatic rings. The van der Waals surface area contributed by atoms with Gasteiger partial charge in [-0.05, 0) is 55.2 Å². The summed E-state index contributed by atoms with van der Waals surface area (Å²) >= 11 is 0. The third kappa shape index (κ3) is 5.30. The molecule has 0 aromatic heterocycles. The average molecular weight is 424 g/mol. The van der Waals surface area contributed by atoms with Crippen molar-refractivity contribution < 1.29 is 26.7 Å². The molecule has 0 unspecified atom stereocenters. The second-order valence-electron chi connectivity index (χ2n) is 7.02. The number of hydrogen-bond donors (Lipinski definition) is 1. The van der Waals surface area contributed by atoms with Gasteiger partial charge in [0.2, 0.25) is 10.0 Å². The number of rotatable bonds is 6. The molecule has 9 heteroatoms. The summed E-state index contributed by atoms with van der Waals surface area (Å²) in [6, 6.07) is 8.60. The molecule has 0 bridgehead atoms. The molecule has 2 aromatic rings. The number of piperidine rings is 1. The molecule has 6 nitrogen and oxygen atoms in total. The monoisotopic (exact) mass is 424 g/mol. The van der Waals surface area contributed by atoms with Gasteiger partial charge in [-0.3, -0.25) is 4.79 Å². The standard InChI is InChI=1S/C20H22F2N2O4S/c1-14-8-10-24(11-9-14)29(26,27)17-5-3-16(4-6-17)28-13-20(25)23-19-7-2-15(21)12-18(19)22/h2-7,12,14H,8-11,13H2,1H3,(H,23,25). The van der Waals surface area contributed by atoms with Gasteiger partial charge >= 0.3 is 0 Å². The lowest BCUT2D eigenvalue weighted by molar-refractivity contribution is -0.118. The smallest absolute Gasteiger partial charge is 0.262 e. The zero-order valence-electron chi connectivity index (χ0n) is 15.9. The predicted molar refractivity (Wildman–Crippen MR) is 104 cm³/mol. The number of nitrogens with one attached hydrogen (secondary N) is 1. The molecule has 1 heterocycles. The summed E-state index contributed by atoms with van der Waals surface area (Å²) in [5, 5.41) is 2.28. The second kappa shape index (κ2) is 8.87. The van der Waals surface area contributed by atoms with Crippen molar-refractivity contribution in [2.75, 3.05) is 25.0 Å². The third-order valence-electron chi connectivity index (χ3n) is 4.78. The lowest BCUT2D eigenvalue weighted by Gasteiger charge is -2.29. The number of amides is 1. The highest BCUT2D eigenvalue weighted by molar-refractivity contribution is 7.89. The Hall–Kier alpha value is -2.52. The van der Waals surface area contributed by atoms with E-state index in [1.807, 2.05) is 0 Å². The Morgan fingerprint density at radius 1 is 1.14 bits per heavy atom. The lowest BCUT2D eigenvalue weighted by atomic mass is 10.0. The van der Waals surface area contributed by atoms with Crippen LogP contribution in [0.15, 0.2) is 47.4 Å². The number of sulfonamides is 1. The zero-order valence-corrected chi connectivity index (χ0v) is 16.7. The highest BCUT2D eigenvalue weighted by atomic mass is 32.2. The van der Waals surface area contributed by atoms with Crippen LogP contribution < -0.4 is 10.1 Å². The van der Waals surface area contributed by atoms with Crippen molar-refractivity contribution >= 4 is 21.6 Å². The van der Waals surface area contributed by atoms with Gasteiger partial charge in [-0.25, -0.2) is 17.2 Å². The van der Waals surface area contributed by atoms with Crippen molar-refractivity contribution in [3.8, 4) is 5.75 Å². The van der Waals surface area contributed by atoms with E-state index < -0.39 is 34.2 Å². The Morgan fingerprint density at radius 2 is 1.79 bits per heavy atom. The quantitative estimate of drug-likeness (QED) is 0.771. The number of nitrogens with zero attached hydrogens (tertiary/aromatic N) is 1. The Morgan fingerprint density at radius 3 is 2.41 bits per heavy atom. The van der Waals surface area contributed by atoms with E-state index in [0.29, 0.717) is 30.8 Å². The van der Waals surface area contributed by atoms with Crippen LogP contribution in [0.1, 0.15) is 19.8 Å². The minimum Gasteiger partial charge on any atom is -0.484 e. The summed E-state index contributed by atoms with van der Waals surface area (Å²) < 4.78 is 58.6. The Kier molecular flexibility index (Phi) is 6.49. The number of carbonyl (C=O) groups is 1. The van der Waals surface area contributed by atoms with Gasteiger partial charge in [0.05, 0.1) is 10.6 Å². The molecule has 0 atom stereocenters. The second-order valence-corrected chi connectivity index (χ2v) is 8.96. The number of carbonyl (C=O) groups excluding carboxylic acids is 1. The maximum atomic E-state index is 13.5. The maximum Gasteiger partial charge on any atom is 0.262 e. The van der Waals surface area contributed by atoms with Crippen LogP contribution in [0.4, 0.5) is 14.5 Å². The molecule has 1 N–H and O–H groups in total. The fraction of sp³-hybridized carbons (Fsp3) is 0.350. The van der Waals surface area contributed by atoms with Crippen LogP contribution in [0.5, 0.6) is 5.75 Å². The maximum absolute atomic E-state index is 13.5. The molecule has 2 aromatic carbocycles. The van der Waals surface area contributed by atoms with E-state index in [1.54, 1.807) is 0 Å². The zero-order chi connectivity index (χ0) is 21.0. The average Bonchev–Trinajstić information content (AvgIpc) is 2.69. The van der Waals surface area contributed by atoms with Crippen LogP contribution in [0.2, 0.25) is 0 Å². The van der Waals surface area contributed by atoms with Gasteiger partial charge in [-0.1, -0.05) is 6.92 Å². The van der Waals surface area contributed by atoms with Crippen molar-refractivity contribution in [1.82, 2.24) is 4.31 Å². The minimum absolute atomic E-state index is 0.155. The first kappa shape index (κ1) is 21.2. The van der Waals surface area contributed by atoms with Crippen LogP contribution in [0.25, 0.3) is 0 Å². The van der Waals surface area contributed by atoms with E-state index in [0.717, 1.165) is 25.0 Å². The summed E-state index contributed by atoms with van der Waals surface area (Å²) in [6.45, 7) is 2.70. The summed E-state index contributed by atoms with van der Waals surface area (Å²) in [7, 11) is -3.56. The summed E-state index contributed by atoms with van der Waals surface area (Å²) in [4.78, 5) is 12.0. The fourth-order valence-electron chi connectivity index (χ4n) is 3.01. The summed E-state index contributed by atoms with van der Waals surface area (Å²) in [5.74, 6) is -1.45. The van der Waals surface area contributed by atoms with Crippen molar-refractivity contribution in [1.29, 1.82) is 0 Å². The molecular weight excluding hydrogens is 402 g/mol. The molecule has 1 aliphatic heterocycles. The van der Waals surface area contributed by atoms with Crippen molar-refractivity contribution in [3.05, 3.63) is 54.1 Å². The molecule has 0 saturated carbocycles. The summed E-state index contributed by atoms with van der Waals surface area (Å²) in [5.41, 5.74) is -0.155. The normalized spacial score (nSPS) is 15.8. The molecule has 0 aliphatic carbocycles. The third-order valence-corrected chi connectivity index (χ3v) is 6.69. The highest BCUT2D eigenvalue weighted by Gasteiger charge is 2.27. The first-order valence-corrected chi connectivity index (χ1v) is 10.7. The van der Waals surface area contributed by atoms with Gasteiger partial charge < -0.3 is 10.1 Å². The molecule has 3 rings (SSSR count). The van der Waals surface area contributed by atoms with Gasteiger partial charge in [0, 0.05) is 19.2 Å². The van der Waals surface area contributed by atoms with Gasteiger partial charge in [-0.15, -0.1) is 0 Å². The summed E-state index contributed by atoms with van der Waals surface area (Å²) in [6.07, 6.45) is 1.67. The molecular formula is C20H22F2N2O4S. The molecule has 1 fully saturated rings. The molecule has 1 amide bonds. The molecule has 0 spiro atoms. The van der Waals surface area contributed by atoms with Crippen LogP contribution in [-0.4, -0.2) is 38.3 Å². The molecule has 156 valence electrons. The van der Waals surface area contributed by atoms with Crippen molar-refractivity contribution in [3.63, 3.8) is 0 Å². The van der Waals surface area contributed by atoms with Crippen molar-refractivity contribution in [2.24, 2.45) is 5.92 Å². The van der Waals surface area contributed by atoms with Gasteiger partial charge in [0.1, 0.15) is 17.4 Å². The Bertz CT molecular complexity index is 972. The lowest BCUT2D eigenvalue weighted by Crippen LogP contribution is -2.37. The first-order chi connectivity index (χ1) is 13.8. The first-order valence-electron chi connectivity index (χ1n) is 9.23. The number of anilines is 1. The van der Waals surface area contributed by atoms with E-state index in [-0.39, 0.29) is 10.6 Å². The van der Waals surface area contributed by atoms with Crippen LogP contribution in [0, 0.1) is 17.6 Å². The van der Waals surface area contributed by atoms with E-state index in [2.05, 4.69) is 12.2 Å². The molecule has 29 heavy (non-hydrogen) atoms. The predicted octanol–water partition coefficient (Wildman–Crippen LogP) is 3.40. The molecule has 1 saturated heterocycles.